The fraction of sp³-hybridized carbons (Fsp3) is 0.682. The Balaban J connectivity index is 0.00000392. The Labute approximate surface area is 188 Å². The summed E-state index contributed by atoms with van der Waals surface area (Å²) in [6, 6.07) is 6.35. The molecule has 1 aliphatic rings. The van der Waals surface area contributed by atoms with Crippen LogP contribution in [0.3, 0.4) is 0 Å². The number of aryl methyl sites for hydroxylation is 1. The highest BCUT2D eigenvalue weighted by Gasteiger charge is 2.36. The first-order valence-electron chi connectivity index (χ1n) is 9.99. The minimum Gasteiger partial charge on any atom is -0.488 e. The predicted octanol–water partition coefficient (Wildman–Crippen LogP) is 4.66. The van der Waals surface area contributed by atoms with E-state index in [-0.39, 0.29) is 29.6 Å². The Hall–Kier alpha value is -1.02. The van der Waals surface area contributed by atoms with Crippen LogP contribution in [0.15, 0.2) is 23.2 Å². The number of rotatable bonds is 8. The summed E-state index contributed by atoms with van der Waals surface area (Å²) in [5.74, 6) is 1.77. The molecule has 0 heterocycles. The van der Waals surface area contributed by atoms with Crippen molar-refractivity contribution in [3.8, 4) is 5.75 Å². The Morgan fingerprint density at radius 2 is 1.93 bits per heavy atom. The van der Waals surface area contributed by atoms with E-state index in [1.165, 1.54) is 24.8 Å². The summed E-state index contributed by atoms with van der Waals surface area (Å²) in [7, 11) is 3.60. The van der Waals surface area contributed by atoms with Gasteiger partial charge in [-0.25, -0.2) is 0 Å². The van der Waals surface area contributed by atoms with Gasteiger partial charge in [0, 0.05) is 39.4 Å². The summed E-state index contributed by atoms with van der Waals surface area (Å²) >= 11 is 0. The Morgan fingerprint density at radius 3 is 2.46 bits per heavy atom. The molecule has 2 rings (SSSR count). The number of nitrogens with one attached hydrogen (secondary N) is 2. The molecule has 1 fully saturated rings. The van der Waals surface area contributed by atoms with Crippen molar-refractivity contribution in [3.63, 3.8) is 0 Å². The molecule has 0 amide bonds. The van der Waals surface area contributed by atoms with Crippen molar-refractivity contribution in [3.05, 3.63) is 29.3 Å². The number of methoxy groups -OCH3 is 1. The topological polar surface area (TPSA) is 54.9 Å². The van der Waals surface area contributed by atoms with Gasteiger partial charge in [0.1, 0.15) is 11.4 Å². The second kappa shape index (κ2) is 11.2. The maximum atomic E-state index is 6.15. The SMILES string of the molecule is CN=C(NCc1ccc(C)cc1OC(C)(C)C)NCC1(CCOC)CCC1.I. The van der Waals surface area contributed by atoms with Crippen molar-refractivity contribution in [2.45, 2.75) is 65.5 Å². The van der Waals surface area contributed by atoms with Crippen LogP contribution in [0, 0.1) is 12.3 Å². The maximum Gasteiger partial charge on any atom is 0.191 e. The molecule has 0 saturated heterocycles. The van der Waals surface area contributed by atoms with Crippen molar-refractivity contribution in [2.75, 3.05) is 27.3 Å². The van der Waals surface area contributed by atoms with E-state index >= 15 is 0 Å². The molecule has 5 nitrogen and oxygen atoms in total. The van der Waals surface area contributed by atoms with Crippen molar-refractivity contribution >= 4 is 29.9 Å². The van der Waals surface area contributed by atoms with Gasteiger partial charge in [-0.05, 0) is 64.0 Å². The van der Waals surface area contributed by atoms with Gasteiger partial charge in [0.2, 0.25) is 0 Å². The molecule has 2 N–H and O–H groups in total. The lowest BCUT2D eigenvalue weighted by molar-refractivity contribution is 0.0732. The van der Waals surface area contributed by atoms with E-state index in [0.29, 0.717) is 12.0 Å². The zero-order chi connectivity index (χ0) is 19.9. The molecule has 0 radical (unpaired) electrons. The monoisotopic (exact) mass is 503 g/mol. The molecule has 0 atom stereocenters. The minimum atomic E-state index is -0.222. The molecule has 0 bridgehead atoms. The van der Waals surface area contributed by atoms with Crippen molar-refractivity contribution < 1.29 is 9.47 Å². The molecule has 1 saturated carbocycles. The largest absolute Gasteiger partial charge is 0.488 e. The summed E-state index contributed by atoms with van der Waals surface area (Å²) in [4.78, 5) is 4.39. The van der Waals surface area contributed by atoms with E-state index in [1.54, 1.807) is 7.11 Å². The first-order valence-corrected chi connectivity index (χ1v) is 9.99. The lowest BCUT2D eigenvalue weighted by Gasteiger charge is -2.42. The summed E-state index contributed by atoms with van der Waals surface area (Å²) in [5, 5.41) is 6.95. The van der Waals surface area contributed by atoms with Crippen molar-refractivity contribution in [2.24, 2.45) is 10.4 Å². The van der Waals surface area contributed by atoms with Gasteiger partial charge in [-0.2, -0.15) is 0 Å². The number of benzene rings is 1. The van der Waals surface area contributed by atoms with Crippen LogP contribution in [0.2, 0.25) is 0 Å². The average Bonchev–Trinajstić information content (AvgIpc) is 2.56. The predicted molar refractivity (Wildman–Crippen MR) is 128 cm³/mol. The van der Waals surface area contributed by atoms with Crippen LogP contribution in [0.25, 0.3) is 0 Å². The van der Waals surface area contributed by atoms with E-state index in [4.69, 9.17) is 9.47 Å². The number of nitrogens with zero attached hydrogens (tertiary/aromatic N) is 1. The van der Waals surface area contributed by atoms with Crippen LogP contribution < -0.4 is 15.4 Å². The van der Waals surface area contributed by atoms with Crippen molar-refractivity contribution in [1.82, 2.24) is 10.6 Å². The second-order valence-corrected chi connectivity index (χ2v) is 8.70. The molecular weight excluding hydrogens is 465 g/mol. The average molecular weight is 503 g/mol. The maximum absolute atomic E-state index is 6.15. The molecule has 1 aromatic rings. The molecule has 0 aliphatic heterocycles. The fourth-order valence-electron chi connectivity index (χ4n) is 3.41. The van der Waals surface area contributed by atoms with Gasteiger partial charge in [0.25, 0.3) is 0 Å². The number of hydrogen-bond acceptors (Lipinski definition) is 3. The second-order valence-electron chi connectivity index (χ2n) is 8.70. The minimum absolute atomic E-state index is 0. The number of aliphatic imine (C=N–C) groups is 1. The van der Waals surface area contributed by atoms with Crippen molar-refractivity contribution in [1.29, 1.82) is 0 Å². The molecule has 0 spiro atoms. The summed E-state index contributed by atoms with van der Waals surface area (Å²) in [6.07, 6.45) is 4.95. The molecule has 28 heavy (non-hydrogen) atoms. The van der Waals surface area contributed by atoms with Crippen LogP contribution in [0.5, 0.6) is 5.75 Å². The first-order chi connectivity index (χ1) is 12.8. The quantitative estimate of drug-likeness (QED) is 0.308. The standard InChI is InChI=1S/C22H37N3O2.HI/c1-17-8-9-18(19(14-17)27-21(2,3)4)15-24-20(23-5)25-16-22(10-7-11-22)12-13-26-6;/h8-9,14H,7,10-13,15-16H2,1-6H3,(H2,23,24,25);1H. The molecule has 6 heteroatoms. The van der Waals surface area contributed by atoms with Crippen LogP contribution in [-0.2, 0) is 11.3 Å². The molecule has 0 aromatic heterocycles. The molecule has 1 aromatic carbocycles. The van der Waals surface area contributed by atoms with Gasteiger partial charge in [-0.15, -0.1) is 24.0 Å². The Bertz CT molecular complexity index is 637. The third kappa shape index (κ3) is 7.78. The van der Waals surface area contributed by atoms with Gasteiger partial charge in [0.15, 0.2) is 5.96 Å². The van der Waals surface area contributed by atoms with E-state index in [1.807, 2.05) is 7.05 Å². The van der Waals surface area contributed by atoms with E-state index in [9.17, 15) is 0 Å². The summed E-state index contributed by atoms with van der Waals surface area (Å²) in [6.45, 7) is 10.8. The fourth-order valence-corrected chi connectivity index (χ4v) is 3.41. The highest BCUT2D eigenvalue weighted by atomic mass is 127. The number of guanidine groups is 1. The zero-order valence-electron chi connectivity index (χ0n) is 18.4. The highest BCUT2D eigenvalue weighted by Crippen LogP contribution is 2.43. The van der Waals surface area contributed by atoms with Gasteiger partial charge in [0.05, 0.1) is 0 Å². The van der Waals surface area contributed by atoms with Crippen LogP contribution >= 0.6 is 24.0 Å². The molecular formula is C22H38IN3O2. The third-order valence-electron chi connectivity index (χ3n) is 5.19. The van der Waals surface area contributed by atoms with E-state index < -0.39 is 0 Å². The summed E-state index contributed by atoms with van der Waals surface area (Å²) < 4.78 is 11.4. The van der Waals surface area contributed by atoms with Gasteiger partial charge >= 0.3 is 0 Å². The van der Waals surface area contributed by atoms with Crippen LogP contribution in [0.1, 0.15) is 57.6 Å². The smallest absolute Gasteiger partial charge is 0.191 e. The molecule has 0 unspecified atom stereocenters. The molecule has 1 aliphatic carbocycles. The highest BCUT2D eigenvalue weighted by molar-refractivity contribution is 14.0. The number of hydrogen-bond donors (Lipinski definition) is 2. The van der Waals surface area contributed by atoms with Gasteiger partial charge in [-0.3, -0.25) is 4.99 Å². The van der Waals surface area contributed by atoms with Gasteiger partial charge < -0.3 is 20.1 Å². The third-order valence-corrected chi connectivity index (χ3v) is 5.19. The van der Waals surface area contributed by atoms with E-state index in [2.05, 4.69) is 61.5 Å². The summed E-state index contributed by atoms with van der Waals surface area (Å²) in [5.41, 5.74) is 2.47. The Morgan fingerprint density at radius 1 is 1.21 bits per heavy atom. The number of halogens is 1. The van der Waals surface area contributed by atoms with E-state index in [0.717, 1.165) is 36.8 Å². The first kappa shape index (κ1) is 25.0. The van der Waals surface area contributed by atoms with Gasteiger partial charge in [-0.1, -0.05) is 18.6 Å². The van der Waals surface area contributed by atoms with Crippen LogP contribution in [0.4, 0.5) is 0 Å². The molecule has 160 valence electrons. The van der Waals surface area contributed by atoms with Crippen LogP contribution in [-0.4, -0.2) is 38.9 Å². The number of ether oxygens (including phenoxy) is 2. The lowest BCUT2D eigenvalue weighted by atomic mass is 9.67. The zero-order valence-corrected chi connectivity index (χ0v) is 20.7. The Kier molecular flexibility index (Phi) is 10.0. The normalized spacial score (nSPS) is 16.0. The lowest BCUT2D eigenvalue weighted by Crippen LogP contribution is -2.46.